The smallest absolute Gasteiger partial charge is 0.406 e. The summed E-state index contributed by atoms with van der Waals surface area (Å²) < 4.78 is 66.4. The number of carbonyl (C=O) groups is 2. The van der Waals surface area contributed by atoms with Crippen molar-refractivity contribution in [1.82, 2.24) is 25.1 Å². The maximum atomic E-state index is 14.5. The van der Waals surface area contributed by atoms with E-state index in [1.165, 1.54) is 32.4 Å². The van der Waals surface area contributed by atoms with Crippen molar-refractivity contribution in [3.05, 3.63) is 53.1 Å². The van der Waals surface area contributed by atoms with E-state index in [0.29, 0.717) is 11.6 Å². The zero-order valence-electron chi connectivity index (χ0n) is 26.5. The summed E-state index contributed by atoms with van der Waals surface area (Å²) in [7, 11) is 2.76. The van der Waals surface area contributed by atoms with Crippen LogP contribution in [0.25, 0.3) is 11.0 Å². The Morgan fingerprint density at radius 1 is 1.11 bits per heavy atom. The number of rotatable bonds is 8. The second kappa shape index (κ2) is 14.6. The molecule has 0 unspecified atom stereocenters. The third-order valence-electron chi connectivity index (χ3n) is 8.64. The average molecular weight is 659 g/mol. The van der Waals surface area contributed by atoms with Gasteiger partial charge in [-0.05, 0) is 43.4 Å². The number of amides is 2. The zero-order valence-corrected chi connectivity index (χ0v) is 26.5. The molecule has 2 amide bonds. The van der Waals surface area contributed by atoms with Crippen LogP contribution in [0.4, 0.5) is 23.2 Å². The SMILES string of the molecule is CNC(=O)c1cc(OC)c(NCC#Cc2cc(C(=O)N[C@H]3CCN(C4CCOCC4)C[C@@H]3C)c3ncn(CC(F)(F)F)c3c2)cc1F. The maximum absolute atomic E-state index is 14.5. The van der Waals surface area contributed by atoms with E-state index in [0.717, 1.165) is 62.5 Å². The van der Waals surface area contributed by atoms with Crippen LogP contribution in [0.15, 0.2) is 30.6 Å². The number of nitrogens with zero attached hydrogens (tertiary/aromatic N) is 3. The quantitative estimate of drug-likeness (QED) is 0.246. The van der Waals surface area contributed by atoms with Crippen LogP contribution in [-0.2, 0) is 11.3 Å². The van der Waals surface area contributed by atoms with E-state index in [-0.39, 0.29) is 52.1 Å². The molecule has 2 aromatic carbocycles. The van der Waals surface area contributed by atoms with Crippen molar-refractivity contribution in [2.75, 3.05) is 52.3 Å². The number of halogens is 4. The molecule has 0 saturated carbocycles. The second-order valence-corrected chi connectivity index (χ2v) is 11.8. The Morgan fingerprint density at radius 2 is 1.87 bits per heavy atom. The van der Waals surface area contributed by atoms with E-state index in [1.807, 2.05) is 0 Å². The van der Waals surface area contributed by atoms with Crippen molar-refractivity contribution in [3.63, 3.8) is 0 Å². The second-order valence-electron chi connectivity index (χ2n) is 11.8. The summed E-state index contributed by atoms with van der Waals surface area (Å²) in [5, 5.41) is 8.40. The Hall–Kier alpha value is -4.35. The number of alkyl halides is 3. The van der Waals surface area contributed by atoms with Crippen molar-refractivity contribution in [2.45, 2.75) is 51.0 Å². The number of imidazole rings is 1. The molecule has 14 heteroatoms. The number of methoxy groups -OCH3 is 1. The minimum atomic E-state index is -4.50. The molecule has 2 aliphatic heterocycles. The van der Waals surface area contributed by atoms with E-state index < -0.39 is 30.4 Å². The maximum Gasteiger partial charge on any atom is 0.406 e. The van der Waals surface area contributed by atoms with Crippen LogP contribution in [0.2, 0.25) is 0 Å². The lowest BCUT2D eigenvalue weighted by Gasteiger charge is -2.42. The molecule has 2 aliphatic rings. The molecule has 1 aromatic heterocycles. The van der Waals surface area contributed by atoms with Gasteiger partial charge < -0.3 is 30.0 Å². The molecule has 0 bridgehead atoms. The van der Waals surface area contributed by atoms with Crippen molar-refractivity contribution >= 4 is 28.5 Å². The Balaban J connectivity index is 1.36. The summed E-state index contributed by atoms with van der Waals surface area (Å²) in [4.78, 5) is 32.2. The zero-order chi connectivity index (χ0) is 33.7. The van der Waals surface area contributed by atoms with Crippen molar-refractivity contribution < 1.29 is 36.6 Å². The van der Waals surface area contributed by atoms with Crippen LogP contribution in [0.3, 0.4) is 0 Å². The third kappa shape index (κ3) is 8.15. The number of fused-ring (bicyclic) bond motifs is 1. The highest BCUT2D eigenvalue weighted by Gasteiger charge is 2.33. The van der Waals surface area contributed by atoms with Gasteiger partial charge in [-0.15, -0.1) is 0 Å². The average Bonchev–Trinajstić information content (AvgIpc) is 3.44. The number of aromatic nitrogens is 2. The Kier molecular flexibility index (Phi) is 10.6. The highest BCUT2D eigenvalue weighted by atomic mass is 19.4. The lowest BCUT2D eigenvalue weighted by molar-refractivity contribution is -0.140. The van der Waals surface area contributed by atoms with Crippen LogP contribution >= 0.6 is 0 Å². The van der Waals surface area contributed by atoms with Crippen LogP contribution < -0.4 is 20.7 Å². The Labute approximate surface area is 270 Å². The van der Waals surface area contributed by atoms with Crippen molar-refractivity contribution in [1.29, 1.82) is 0 Å². The molecule has 252 valence electrons. The lowest BCUT2D eigenvalue weighted by Crippen LogP contribution is -2.53. The molecular weight excluding hydrogens is 620 g/mol. The number of piperidine rings is 1. The molecule has 47 heavy (non-hydrogen) atoms. The molecule has 3 aromatic rings. The van der Waals surface area contributed by atoms with E-state index in [4.69, 9.17) is 9.47 Å². The van der Waals surface area contributed by atoms with Crippen LogP contribution in [-0.4, -0.2) is 91.5 Å². The van der Waals surface area contributed by atoms with E-state index >= 15 is 0 Å². The predicted octanol–water partition coefficient (Wildman–Crippen LogP) is 4.19. The highest BCUT2D eigenvalue weighted by molar-refractivity contribution is 6.05. The number of anilines is 1. The van der Waals surface area contributed by atoms with E-state index in [1.54, 1.807) is 0 Å². The van der Waals surface area contributed by atoms with E-state index in [9.17, 15) is 27.2 Å². The molecule has 0 radical (unpaired) electrons. The number of benzene rings is 2. The molecular formula is C33H38F4N6O4. The summed E-state index contributed by atoms with van der Waals surface area (Å²) in [6.45, 7) is 3.97. The Morgan fingerprint density at radius 3 is 2.55 bits per heavy atom. The summed E-state index contributed by atoms with van der Waals surface area (Å²) in [5.41, 5.74) is 0.789. The van der Waals surface area contributed by atoms with Gasteiger partial charge in [-0.1, -0.05) is 18.8 Å². The fourth-order valence-corrected chi connectivity index (χ4v) is 6.20. The number of hydrogen-bond donors (Lipinski definition) is 3. The number of likely N-dealkylation sites (tertiary alicyclic amines) is 1. The molecule has 2 saturated heterocycles. The van der Waals surface area contributed by atoms with Gasteiger partial charge in [-0.3, -0.25) is 14.5 Å². The van der Waals surface area contributed by atoms with Crippen LogP contribution in [0.1, 0.15) is 52.5 Å². The van der Waals surface area contributed by atoms with E-state index in [2.05, 4.69) is 44.6 Å². The molecule has 3 heterocycles. The van der Waals surface area contributed by atoms with Crippen molar-refractivity contribution in [2.24, 2.45) is 5.92 Å². The first-order valence-electron chi connectivity index (χ1n) is 15.5. The normalized spacial score (nSPS) is 19.1. The molecule has 0 spiro atoms. The fraction of sp³-hybridized carbons (Fsp3) is 0.485. The van der Waals surface area contributed by atoms with Gasteiger partial charge in [0.05, 0.1) is 42.3 Å². The largest absolute Gasteiger partial charge is 0.495 e. The van der Waals surface area contributed by atoms with Gasteiger partial charge in [0.15, 0.2) is 0 Å². The van der Waals surface area contributed by atoms with Gasteiger partial charge in [0, 0.05) is 57.1 Å². The fourth-order valence-electron chi connectivity index (χ4n) is 6.20. The topological polar surface area (TPSA) is 110 Å². The number of hydrogen-bond acceptors (Lipinski definition) is 7. The van der Waals surface area contributed by atoms with Gasteiger partial charge in [0.25, 0.3) is 11.8 Å². The summed E-state index contributed by atoms with van der Waals surface area (Å²) in [6, 6.07) is 5.72. The van der Waals surface area contributed by atoms with Gasteiger partial charge in [-0.2, -0.15) is 13.2 Å². The predicted molar refractivity (Wildman–Crippen MR) is 168 cm³/mol. The number of ether oxygens (including phenoxy) is 2. The first kappa shape index (κ1) is 34.0. The van der Waals surface area contributed by atoms with Gasteiger partial charge in [0.2, 0.25) is 0 Å². The van der Waals surface area contributed by atoms with Gasteiger partial charge >= 0.3 is 6.18 Å². The first-order chi connectivity index (χ1) is 22.5. The van der Waals surface area contributed by atoms with Gasteiger partial charge in [0.1, 0.15) is 23.6 Å². The summed E-state index contributed by atoms with van der Waals surface area (Å²) in [6.07, 6.45) is -0.710. The van der Waals surface area contributed by atoms with Gasteiger partial charge in [-0.25, -0.2) is 9.37 Å². The minimum Gasteiger partial charge on any atom is -0.495 e. The Bertz CT molecular complexity index is 1680. The number of carbonyl (C=O) groups excluding carboxylic acids is 2. The summed E-state index contributed by atoms with van der Waals surface area (Å²) in [5.74, 6) is 4.35. The third-order valence-corrected chi connectivity index (χ3v) is 8.64. The van der Waals surface area contributed by atoms with Crippen LogP contribution in [0.5, 0.6) is 5.75 Å². The minimum absolute atomic E-state index is 0.000289. The van der Waals surface area contributed by atoms with Crippen molar-refractivity contribution in [3.8, 4) is 17.6 Å². The lowest BCUT2D eigenvalue weighted by atomic mass is 9.91. The monoisotopic (exact) mass is 658 g/mol. The molecule has 10 nitrogen and oxygen atoms in total. The molecule has 2 fully saturated rings. The van der Waals surface area contributed by atoms with Crippen LogP contribution in [0, 0.1) is 23.6 Å². The summed E-state index contributed by atoms with van der Waals surface area (Å²) >= 11 is 0. The number of nitrogens with one attached hydrogen (secondary N) is 3. The first-order valence-corrected chi connectivity index (χ1v) is 15.5. The molecule has 2 atom stereocenters. The highest BCUT2D eigenvalue weighted by Crippen LogP contribution is 2.29. The standard InChI is InChI=1S/C33H38F4N6O4/c1-20-17-42(22-7-11-47-12-8-22)10-6-26(20)41-32(45)24-13-21(14-28-30(24)40-19-43(28)18-33(35,36)37)5-4-9-39-27-16-25(34)23(31(44)38-2)15-29(27)46-3/h13-16,19-20,22,26,39H,6-12,17-18H2,1-3H3,(H,38,44)(H,41,45)/t20-,26-/m0/s1. The molecule has 5 rings (SSSR count). The molecule has 3 N–H and O–H groups in total. The molecule has 0 aliphatic carbocycles.